The van der Waals surface area contributed by atoms with Crippen LogP contribution in [-0.2, 0) is 3.07 Å². The fourth-order valence-corrected chi connectivity index (χ4v) is 1.49. The number of rotatable bonds is 2. The van der Waals surface area contributed by atoms with Gasteiger partial charge in [-0.3, -0.25) is 0 Å². The Morgan fingerprint density at radius 2 is 2.33 bits per heavy atom. The van der Waals surface area contributed by atoms with E-state index in [0.29, 0.717) is 3.92 Å². The average Bonchev–Trinajstić information content (AvgIpc) is 1.35. The van der Waals surface area contributed by atoms with Crippen LogP contribution in [0.25, 0.3) is 0 Å². The maximum atomic E-state index is 4.77. The normalized spacial score (nSPS) is 14.5. The van der Waals surface area contributed by atoms with Crippen molar-refractivity contribution < 1.29 is 3.07 Å². The highest BCUT2D eigenvalue weighted by molar-refractivity contribution is 14.1. The van der Waals surface area contributed by atoms with E-state index in [-0.39, 0.29) is 0 Å². The number of halogens is 2. The lowest BCUT2D eigenvalue weighted by Gasteiger charge is -1.93. The van der Waals surface area contributed by atoms with E-state index in [9.17, 15) is 0 Å². The highest BCUT2D eigenvalue weighted by Gasteiger charge is 1.89. The molecule has 0 radical (unpaired) electrons. The van der Waals surface area contributed by atoms with Crippen LogP contribution < -0.4 is 0 Å². The summed E-state index contributed by atoms with van der Waals surface area (Å²) in [4.78, 5) is 0. The number of alkyl halides is 1. The summed E-state index contributed by atoms with van der Waals surface area (Å²) in [5, 5.41) is 0. The van der Waals surface area contributed by atoms with Crippen molar-refractivity contribution in [1.29, 1.82) is 0 Å². The molecule has 0 heterocycles. The molecule has 0 spiro atoms. The van der Waals surface area contributed by atoms with E-state index in [4.69, 9.17) is 3.07 Å². The lowest BCUT2D eigenvalue weighted by molar-refractivity contribution is 0.437. The number of hydrogen-bond donors (Lipinski definition) is 0. The zero-order valence-electron chi connectivity index (χ0n) is 3.45. The van der Waals surface area contributed by atoms with Crippen LogP contribution in [0.1, 0.15) is 6.92 Å². The molecule has 1 atom stereocenters. The molecule has 0 aliphatic rings. The summed E-state index contributed by atoms with van der Waals surface area (Å²) >= 11 is 4.21. The van der Waals surface area contributed by atoms with Crippen LogP contribution in [0, 0.1) is 0 Å². The Morgan fingerprint density at radius 1 is 1.83 bits per heavy atom. The van der Waals surface area contributed by atoms with Crippen LogP contribution in [0.2, 0.25) is 0 Å². The van der Waals surface area contributed by atoms with Crippen molar-refractivity contribution in [2.45, 2.75) is 10.8 Å². The zero-order chi connectivity index (χ0) is 4.99. The molecule has 38 valence electrons. The standard InChI is InChI=1S/C3H6I2O/c1-3(4)2-6-5/h3H,2H2,1H3. The van der Waals surface area contributed by atoms with Crippen LogP contribution in [0.4, 0.5) is 0 Å². The quantitative estimate of drug-likeness (QED) is 0.561. The summed E-state index contributed by atoms with van der Waals surface area (Å²) in [6.45, 7) is 2.96. The van der Waals surface area contributed by atoms with E-state index in [1.807, 2.05) is 23.0 Å². The Hall–Kier alpha value is 1.42. The fourth-order valence-electron chi connectivity index (χ4n) is 0.0868. The first-order valence-corrected chi connectivity index (χ1v) is 3.77. The maximum Gasteiger partial charge on any atom is 0.109 e. The van der Waals surface area contributed by atoms with E-state index >= 15 is 0 Å². The van der Waals surface area contributed by atoms with E-state index in [0.717, 1.165) is 6.61 Å². The Labute approximate surface area is 65.7 Å². The van der Waals surface area contributed by atoms with Gasteiger partial charge in [0.15, 0.2) is 0 Å². The van der Waals surface area contributed by atoms with Crippen molar-refractivity contribution in [3.8, 4) is 0 Å². The summed E-state index contributed by atoms with van der Waals surface area (Å²) in [6.07, 6.45) is 0. The minimum Gasteiger partial charge on any atom is -0.315 e. The minimum atomic E-state index is 0.638. The second-order valence-corrected chi connectivity index (χ2v) is 3.81. The molecule has 0 saturated carbocycles. The first-order valence-electron chi connectivity index (χ1n) is 1.65. The van der Waals surface area contributed by atoms with Gasteiger partial charge in [-0.15, -0.1) is 0 Å². The van der Waals surface area contributed by atoms with Crippen LogP contribution in [0.5, 0.6) is 0 Å². The van der Waals surface area contributed by atoms with Gasteiger partial charge in [-0.1, -0.05) is 29.5 Å². The predicted octanol–water partition coefficient (Wildman–Crippen LogP) is 2.18. The first kappa shape index (κ1) is 7.42. The molecule has 3 heteroatoms. The van der Waals surface area contributed by atoms with Gasteiger partial charge in [-0.05, 0) is 0 Å². The highest BCUT2D eigenvalue weighted by Crippen LogP contribution is 1.99. The van der Waals surface area contributed by atoms with Gasteiger partial charge in [0.05, 0.1) is 6.61 Å². The molecule has 0 aromatic rings. The average molecular weight is 312 g/mol. The summed E-state index contributed by atoms with van der Waals surface area (Å²) in [5.41, 5.74) is 0. The van der Waals surface area contributed by atoms with Gasteiger partial charge in [-0.2, -0.15) is 0 Å². The van der Waals surface area contributed by atoms with Gasteiger partial charge in [0.1, 0.15) is 23.0 Å². The monoisotopic (exact) mass is 312 g/mol. The third kappa shape index (κ3) is 5.42. The molecular weight excluding hydrogens is 306 g/mol. The van der Waals surface area contributed by atoms with Crippen molar-refractivity contribution >= 4 is 45.6 Å². The van der Waals surface area contributed by atoms with Crippen LogP contribution in [0.3, 0.4) is 0 Å². The molecule has 1 nitrogen and oxygen atoms in total. The largest absolute Gasteiger partial charge is 0.315 e. The first-order chi connectivity index (χ1) is 2.77. The molecule has 0 aliphatic heterocycles. The molecule has 0 fully saturated rings. The third-order valence-corrected chi connectivity index (χ3v) is 1.01. The van der Waals surface area contributed by atoms with Gasteiger partial charge < -0.3 is 3.07 Å². The minimum absolute atomic E-state index is 0.638. The fraction of sp³-hybridized carbons (Fsp3) is 1.00. The second-order valence-electron chi connectivity index (χ2n) is 1.06. The van der Waals surface area contributed by atoms with E-state index in [2.05, 4.69) is 29.5 Å². The molecule has 0 bridgehead atoms. The Morgan fingerprint density at radius 3 is 2.33 bits per heavy atom. The summed E-state index contributed by atoms with van der Waals surface area (Å²) in [6, 6.07) is 0. The smallest absolute Gasteiger partial charge is 0.109 e. The molecule has 0 rings (SSSR count). The molecule has 6 heavy (non-hydrogen) atoms. The summed E-state index contributed by atoms with van der Waals surface area (Å²) in [5.74, 6) is 0. The van der Waals surface area contributed by atoms with Gasteiger partial charge >= 0.3 is 0 Å². The molecule has 0 aliphatic carbocycles. The lowest BCUT2D eigenvalue weighted by Crippen LogP contribution is -1.95. The molecule has 0 aromatic carbocycles. The lowest BCUT2D eigenvalue weighted by atomic mass is 10.5. The Kier molecular flexibility index (Phi) is 5.66. The Bertz CT molecular complexity index is 30.0. The van der Waals surface area contributed by atoms with E-state index in [1.165, 1.54) is 0 Å². The van der Waals surface area contributed by atoms with Crippen molar-refractivity contribution in [3.05, 3.63) is 0 Å². The van der Waals surface area contributed by atoms with Gasteiger partial charge in [0, 0.05) is 3.92 Å². The van der Waals surface area contributed by atoms with Crippen LogP contribution in [-0.4, -0.2) is 10.5 Å². The molecule has 0 aromatic heterocycles. The third-order valence-electron chi connectivity index (χ3n) is 0.293. The zero-order valence-corrected chi connectivity index (χ0v) is 7.76. The highest BCUT2D eigenvalue weighted by atomic mass is 127. The van der Waals surface area contributed by atoms with Gasteiger partial charge in [0.25, 0.3) is 0 Å². The van der Waals surface area contributed by atoms with Crippen LogP contribution in [0.15, 0.2) is 0 Å². The van der Waals surface area contributed by atoms with Crippen molar-refractivity contribution in [2.24, 2.45) is 0 Å². The van der Waals surface area contributed by atoms with E-state index < -0.39 is 0 Å². The summed E-state index contributed by atoms with van der Waals surface area (Å²) in [7, 11) is 0. The van der Waals surface area contributed by atoms with Crippen molar-refractivity contribution in [1.82, 2.24) is 0 Å². The van der Waals surface area contributed by atoms with Gasteiger partial charge in [0.2, 0.25) is 0 Å². The summed E-state index contributed by atoms with van der Waals surface area (Å²) < 4.78 is 5.40. The maximum absolute atomic E-state index is 4.77. The molecule has 0 saturated heterocycles. The van der Waals surface area contributed by atoms with Crippen LogP contribution >= 0.6 is 45.6 Å². The second kappa shape index (κ2) is 4.58. The molecule has 0 amide bonds. The number of hydrogen-bond acceptors (Lipinski definition) is 1. The van der Waals surface area contributed by atoms with E-state index in [1.54, 1.807) is 0 Å². The SMILES string of the molecule is CC(I)COI. The van der Waals surface area contributed by atoms with Gasteiger partial charge in [-0.25, -0.2) is 0 Å². The predicted molar refractivity (Wildman–Crippen MR) is 43.5 cm³/mol. The molecule has 1 unspecified atom stereocenters. The topological polar surface area (TPSA) is 9.23 Å². The molecular formula is C3H6I2O. The Balaban J connectivity index is 2.63. The molecule has 0 N–H and O–H groups in total. The van der Waals surface area contributed by atoms with Crippen molar-refractivity contribution in [3.63, 3.8) is 0 Å². The van der Waals surface area contributed by atoms with Crippen molar-refractivity contribution in [2.75, 3.05) is 6.61 Å².